The van der Waals surface area contributed by atoms with Crippen molar-refractivity contribution >= 4 is 5.97 Å². The third kappa shape index (κ3) is 5.40. The normalized spacial score (nSPS) is 44.9. The third-order valence-electron chi connectivity index (χ3n) is 12.8. The van der Waals surface area contributed by atoms with E-state index < -0.39 is 0 Å². The predicted molar refractivity (Wildman–Crippen MR) is 149 cm³/mol. The lowest BCUT2D eigenvalue weighted by atomic mass is 9.43. The van der Waals surface area contributed by atoms with Gasteiger partial charge >= 0.3 is 5.97 Å². The standard InChI is InChI=1S/C32H56N2O3/c1-22(8-11-29(36)37-4)25-9-10-26-30-27(13-15-32(25,26)3)31(2)14-12-24(20-23(31)21-28(30)35)33-16-19-34-17-6-5-7-18-34/h22-28,30,33,35H,5-21H2,1-4H3/t22-,23+,24-,25?,26?,27?,28-,30?,31+,32-/m1/s1. The maximum atomic E-state index is 11.8. The molecule has 5 heteroatoms. The molecule has 0 aromatic carbocycles. The molecule has 0 bridgehead atoms. The van der Waals surface area contributed by atoms with Crippen molar-refractivity contribution < 1.29 is 14.6 Å². The second-order valence-electron chi connectivity index (χ2n) is 14.4. The molecule has 10 atom stereocenters. The van der Waals surface area contributed by atoms with E-state index in [-0.39, 0.29) is 12.1 Å². The maximum Gasteiger partial charge on any atom is 0.305 e. The molecule has 4 aliphatic carbocycles. The lowest BCUT2D eigenvalue weighted by Crippen LogP contribution is -2.59. The van der Waals surface area contributed by atoms with Crippen molar-refractivity contribution in [2.24, 2.45) is 46.3 Å². The summed E-state index contributed by atoms with van der Waals surface area (Å²) in [6.45, 7) is 12.4. The van der Waals surface area contributed by atoms with Crippen molar-refractivity contribution in [3.63, 3.8) is 0 Å². The van der Waals surface area contributed by atoms with Crippen LogP contribution >= 0.6 is 0 Å². The van der Waals surface area contributed by atoms with Crippen molar-refractivity contribution in [2.75, 3.05) is 33.3 Å². The number of hydrogen-bond donors (Lipinski definition) is 2. The SMILES string of the molecule is COC(=O)CC[C@@H](C)C1CCC2C3C(CC[C@@]21C)[C@@]1(C)CC[C@@H](NCCN2CCCCC2)C[C@H]1C[C@H]3O. The molecule has 0 aromatic rings. The summed E-state index contributed by atoms with van der Waals surface area (Å²) in [5.74, 6) is 3.59. The summed E-state index contributed by atoms with van der Waals surface area (Å²) in [5.41, 5.74) is 0.707. The lowest BCUT2D eigenvalue weighted by molar-refractivity contribution is -0.167. The number of likely N-dealkylation sites (tertiary alicyclic amines) is 1. The second kappa shape index (κ2) is 11.5. The largest absolute Gasteiger partial charge is 0.469 e. The minimum Gasteiger partial charge on any atom is -0.469 e. The third-order valence-corrected chi connectivity index (χ3v) is 12.8. The molecule has 5 aliphatic rings. The van der Waals surface area contributed by atoms with Crippen LogP contribution in [0.2, 0.25) is 0 Å². The molecule has 1 aliphatic heterocycles. The van der Waals surface area contributed by atoms with Crippen LogP contribution in [0, 0.1) is 46.3 Å². The minimum atomic E-state index is -0.135. The van der Waals surface area contributed by atoms with Crippen LogP contribution in [0.3, 0.4) is 0 Å². The number of carbonyl (C=O) groups excluding carboxylic acids is 1. The molecule has 0 radical (unpaired) electrons. The van der Waals surface area contributed by atoms with Crippen LogP contribution in [0.5, 0.6) is 0 Å². The predicted octanol–water partition coefficient (Wildman–Crippen LogP) is 5.65. The number of ether oxygens (including phenoxy) is 1. The van der Waals surface area contributed by atoms with Gasteiger partial charge in [-0.2, -0.15) is 0 Å². The summed E-state index contributed by atoms with van der Waals surface area (Å²) < 4.78 is 4.92. The highest BCUT2D eigenvalue weighted by Gasteiger charge is 2.62. The molecule has 37 heavy (non-hydrogen) atoms. The van der Waals surface area contributed by atoms with Crippen molar-refractivity contribution in [3.8, 4) is 0 Å². The Morgan fingerprint density at radius 1 is 1.03 bits per heavy atom. The Balaban J connectivity index is 1.20. The Labute approximate surface area is 226 Å². The van der Waals surface area contributed by atoms with Crippen molar-refractivity contribution in [1.82, 2.24) is 10.2 Å². The fraction of sp³-hybridized carbons (Fsp3) is 0.969. The van der Waals surface area contributed by atoms with E-state index in [1.54, 1.807) is 0 Å². The molecular weight excluding hydrogens is 460 g/mol. The van der Waals surface area contributed by atoms with E-state index in [4.69, 9.17) is 4.74 Å². The highest BCUT2D eigenvalue weighted by molar-refractivity contribution is 5.69. The maximum absolute atomic E-state index is 11.8. The molecule has 5 rings (SSSR count). The summed E-state index contributed by atoms with van der Waals surface area (Å²) in [4.78, 5) is 14.4. The van der Waals surface area contributed by atoms with Crippen molar-refractivity contribution in [3.05, 3.63) is 0 Å². The molecule has 0 aromatic heterocycles. The number of esters is 1. The van der Waals surface area contributed by atoms with E-state index in [0.29, 0.717) is 58.8 Å². The minimum absolute atomic E-state index is 0.0754. The second-order valence-corrected chi connectivity index (χ2v) is 14.4. The van der Waals surface area contributed by atoms with Gasteiger partial charge in [-0.05, 0) is 130 Å². The number of methoxy groups -OCH3 is 1. The first-order chi connectivity index (χ1) is 17.8. The number of carbonyl (C=O) groups is 1. The first kappa shape index (κ1) is 27.9. The number of rotatable bonds is 8. The quantitative estimate of drug-likeness (QED) is 0.408. The summed E-state index contributed by atoms with van der Waals surface area (Å²) in [6.07, 6.45) is 15.5. The van der Waals surface area contributed by atoms with Crippen LogP contribution in [-0.4, -0.2) is 61.4 Å². The fourth-order valence-corrected chi connectivity index (χ4v) is 10.6. The average molecular weight is 517 g/mol. The van der Waals surface area contributed by atoms with E-state index in [0.717, 1.165) is 19.4 Å². The molecule has 5 fully saturated rings. The van der Waals surface area contributed by atoms with Crippen LogP contribution in [0.1, 0.15) is 104 Å². The molecule has 0 spiro atoms. The van der Waals surface area contributed by atoms with Crippen LogP contribution in [0.15, 0.2) is 0 Å². The highest BCUT2D eigenvalue weighted by Crippen LogP contribution is 2.68. The van der Waals surface area contributed by atoms with Gasteiger partial charge in [0.15, 0.2) is 0 Å². The summed E-state index contributed by atoms with van der Waals surface area (Å²) >= 11 is 0. The number of piperidine rings is 1. The molecule has 1 saturated heterocycles. The Morgan fingerprint density at radius 3 is 2.51 bits per heavy atom. The summed E-state index contributed by atoms with van der Waals surface area (Å²) in [7, 11) is 1.50. The number of aliphatic hydroxyl groups is 1. The van der Waals surface area contributed by atoms with Crippen LogP contribution in [-0.2, 0) is 9.53 Å². The van der Waals surface area contributed by atoms with Crippen LogP contribution in [0.25, 0.3) is 0 Å². The van der Waals surface area contributed by atoms with E-state index in [9.17, 15) is 9.90 Å². The molecule has 0 amide bonds. The zero-order valence-electron chi connectivity index (χ0n) is 24.4. The lowest BCUT2D eigenvalue weighted by Gasteiger charge is -2.62. The first-order valence-corrected chi connectivity index (χ1v) is 16.0. The fourth-order valence-electron chi connectivity index (χ4n) is 10.6. The van der Waals surface area contributed by atoms with Crippen LogP contribution in [0.4, 0.5) is 0 Å². The van der Waals surface area contributed by atoms with Gasteiger partial charge in [-0.1, -0.05) is 27.2 Å². The summed E-state index contributed by atoms with van der Waals surface area (Å²) in [6, 6.07) is 0.631. The molecule has 4 saturated carbocycles. The number of fused-ring (bicyclic) bond motifs is 5. The number of nitrogens with one attached hydrogen (secondary N) is 1. The van der Waals surface area contributed by atoms with Gasteiger partial charge in [0.25, 0.3) is 0 Å². The topological polar surface area (TPSA) is 61.8 Å². The van der Waals surface area contributed by atoms with Gasteiger partial charge in [-0.25, -0.2) is 0 Å². The van der Waals surface area contributed by atoms with Gasteiger partial charge in [-0.3, -0.25) is 4.79 Å². The van der Waals surface area contributed by atoms with E-state index in [1.807, 2.05) is 0 Å². The van der Waals surface area contributed by atoms with Gasteiger partial charge in [0.2, 0.25) is 0 Å². The van der Waals surface area contributed by atoms with Crippen molar-refractivity contribution in [1.29, 1.82) is 0 Å². The number of hydrogen-bond acceptors (Lipinski definition) is 5. The van der Waals surface area contributed by atoms with E-state index in [1.165, 1.54) is 91.0 Å². The van der Waals surface area contributed by atoms with Gasteiger partial charge in [0.05, 0.1) is 13.2 Å². The van der Waals surface area contributed by atoms with Gasteiger partial charge in [0, 0.05) is 25.6 Å². The van der Waals surface area contributed by atoms with E-state index >= 15 is 0 Å². The zero-order valence-corrected chi connectivity index (χ0v) is 24.4. The summed E-state index contributed by atoms with van der Waals surface area (Å²) in [5, 5.41) is 15.6. The van der Waals surface area contributed by atoms with E-state index in [2.05, 4.69) is 31.0 Å². The Hall–Kier alpha value is -0.650. The molecular formula is C32H56N2O3. The Morgan fingerprint density at radius 2 is 1.76 bits per heavy atom. The zero-order chi connectivity index (χ0) is 26.2. The highest BCUT2D eigenvalue weighted by atomic mass is 16.5. The molecule has 1 heterocycles. The Kier molecular flexibility index (Phi) is 8.64. The van der Waals surface area contributed by atoms with Gasteiger partial charge in [-0.15, -0.1) is 0 Å². The molecule has 212 valence electrons. The average Bonchev–Trinajstić information content (AvgIpc) is 3.25. The Bertz CT molecular complexity index is 784. The number of aliphatic hydroxyl groups excluding tert-OH is 1. The van der Waals surface area contributed by atoms with Gasteiger partial charge < -0.3 is 20.1 Å². The van der Waals surface area contributed by atoms with Crippen LogP contribution < -0.4 is 5.32 Å². The first-order valence-electron chi connectivity index (χ1n) is 16.0. The smallest absolute Gasteiger partial charge is 0.305 e. The number of nitrogens with zero attached hydrogens (tertiary/aromatic N) is 1. The van der Waals surface area contributed by atoms with Gasteiger partial charge in [0.1, 0.15) is 0 Å². The molecule has 2 N–H and O–H groups in total. The van der Waals surface area contributed by atoms with Crippen molar-refractivity contribution in [2.45, 2.75) is 116 Å². The monoisotopic (exact) mass is 516 g/mol. The molecule has 4 unspecified atom stereocenters. The molecule has 5 nitrogen and oxygen atoms in total.